The maximum Gasteiger partial charge on any atom is 0.253 e. The zero-order valence-corrected chi connectivity index (χ0v) is 15.0. The molecular formula is C15H24ClN3O3S. The fraction of sp³-hybridized carbons (Fsp3) is 0.533. The van der Waals surface area contributed by atoms with Gasteiger partial charge in [0.25, 0.3) is 5.91 Å². The van der Waals surface area contributed by atoms with Gasteiger partial charge in [-0.1, -0.05) is 6.07 Å². The van der Waals surface area contributed by atoms with Gasteiger partial charge in [0, 0.05) is 26.2 Å². The van der Waals surface area contributed by atoms with Gasteiger partial charge in [-0.25, -0.2) is 13.1 Å². The standard InChI is InChI=1S/C15H23N3O3S.ClH/c1-18(2)15(19)13-6-3-7-14(9-13)22(20,21)17-11-12-5-4-8-16-10-12;/h3,6-7,9,12,16-17H,4-5,8,10-11H2,1-2H3;1H. The predicted octanol–water partition coefficient (Wildman–Crippen LogP) is 1.09. The van der Waals surface area contributed by atoms with E-state index >= 15 is 0 Å². The molecule has 2 N–H and O–H groups in total. The van der Waals surface area contributed by atoms with Crippen molar-refractivity contribution < 1.29 is 13.2 Å². The highest BCUT2D eigenvalue weighted by molar-refractivity contribution is 7.89. The topological polar surface area (TPSA) is 78.5 Å². The Morgan fingerprint density at radius 3 is 2.74 bits per heavy atom. The summed E-state index contributed by atoms with van der Waals surface area (Å²) >= 11 is 0. The molecule has 6 nitrogen and oxygen atoms in total. The van der Waals surface area contributed by atoms with E-state index in [9.17, 15) is 13.2 Å². The number of halogens is 1. The average Bonchev–Trinajstić information content (AvgIpc) is 2.53. The van der Waals surface area contributed by atoms with Crippen molar-refractivity contribution in [2.45, 2.75) is 17.7 Å². The van der Waals surface area contributed by atoms with Crippen LogP contribution in [-0.2, 0) is 10.0 Å². The summed E-state index contributed by atoms with van der Waals surface area (Å²) in [7, 11) is -0.316. The number of hydrogen-bond acceptors (Lipinski definition) is 4. The molecule has 1 fully saturated rings. The summed E-state index contributed by atoms with van der Waals surface area (Å²) in [6, 6.07) is 6.14. The molecule has 23 heavy (non-hydrogen) atoms. The summed E-state index contributed by atoms with van der Waals surface area (Å²) in [5.41, 5.74) is 0.368. The Bertz CT molecular complexity index is 629. The normalized spacial score (nSPS) is 18.1. The molecule has 0 spiro atoms. The lowest BCUT2D eigenvalue weighted by molar-refractivity contribution is 0.0827. The van der Waals surface area contributed by atoms with E-state index in [4.69, 9.17) is 0 Å². The molecule has 1 aliphatic heterocycles. The first-order valence-corrected chi connectivity index (χ1v) is 8.90. The highest BCUT2D eigenvalue weighted by atomic mass is 35.5. The average molecular weight is 362 g/mol. The Hall–Kier alpha value is -1.15. The van der Waals surface area contributed by atoms with Crippen LogP contribution < -0.4 is 10.0 Å². The number of piperidine rings is 1. The van der Waals surface area contributed by atoms with Crippen molar-refractivity contribution in [2.75, 3.05) is 33.7 Å². The molecule has 1 aromatic rings. The van der Waals surface area contributed by atoms with Gasteiger partial charge in [0.2, 0.25) is 10.0 Å². The van der Waals surface area contributed by atoms with E-state index in [1.807, 2.05) is 0 Å². The molecular weight excluding hydrogens is 338 g/mol. The van der Waals surface area contributed by atoms with Crippen molar-refractivity contribution in [1.82, 2.24) is 14.9 Å². The number of hydrogen-bond donors (Lipinski definition) is 2. The molecule has 1 amide bonds. The number of nitrogens with zero attached hydrogens (tertiary/aromatic N) is 1. The Balaban J connectivity index is 0.00000264. The molecule has 0 radical (unpaired) electrons. The number of amides is 1. The molecule has 0 bridgehead atoms. The van der Waals surface area contributed by atoms with Crippen molar-refractivity contribution in [2.24, 2.45) is 5.92 Å². The molecule has 1 unspecified atom stereocenters. The lowest BCUT2D eigenvalue weighted by Crippen LogP contribution is -2.38. The quantitative estimate of drug-likeness (QED) is 0.822. The van der Waals surface area contributed by atoms with Gasteiger partial charge in [-0.2, -0.15) is 0 Å². The summed E-state index contributed by atoms with van der Waals surface area (Å²) in [5.74, 6) is 0.101. The van der Waals surface area contributed by atoms with E-state index < -0.39 is 10.0 Å². The van der Waals surface area contributed by atoms with Crippen LogP contribution in [0.3, 0.4) is 0 Å². The van der Waals surface area contributed by atoms with Gasteiger partial charge in [-0.15, -0.1) is 12.4 Å². The molecule has 1 aromatic carbocycles. The molecule has 1 aliphatic rings. The zero-order chi connectivity index (χ0) is 16.2. The molecule has 0 aromatic heterocycles. The summed E-state index contributed by atoms with van der Waals surface area (Å²) in [6.07, 6.45) is 2.09. The fourth-order valence-electron chi connectivity index (χ4n) is 2.46. The molecule has 2 rings (SSSR count). The lowest BCUT2D eigenvalue weighted by Gasteiger charge is -2.22. The van der Waals surface area contributed by atoms with Crippen LogP contribution in [-0.4, -0.2) is 53.0 Å². The number of nitrogens with one attached hydrogen (secondary N) is 2. The van der Waals surface area contributed by atoms with Gasteiger partial charge < -0.3 is 10.2 Å². The number of carbonyl (C=O) groups is 1. The summed E-state index contributed by atoms with van der Waals surface area (Å²) in [4.78, 5) is 13.5. The Labute approximate surface area is 144 Å². The maximum absolute atomic E-state index is 12.4. The number of rotatable bonds is 5. The monoisotopic (exact) mass is 361 g/mol. The summed E-state index contributed by atoms with van der Waals surface area (Å²) in [6.45, 7) is 2.25. The van der Waals surface area contributed by atoms with Crippen LogP contribution in [0.5, 0.6) is 0 Å². The number of sulfonamides is 1. The van der Waals surface area contributed by atoms with Crippen molar-refractivity contribution in [3.8, 4) is 0 Å². The summed E-state index contributed by atoms with van der Waals surface area (Å²) in [5, 5.41) is 3.26. The van der Waals surface area contributed by atoms with Gasteiger partial charge in [-0.05, 0) is 50.0 Å². The second-order valence-corrected chi connectivity index (χ2v) is 7.56. The van der Waals surface area contributed by atoms with E-state index in [0.717, 1.165) is 25.9 Å². The van der Waals surface area contributed by atoms with Crippen molar-refractivity contribution >= 4 is 28.3 Å². The van der Waals surface area contributed by atoms with Crippen molar-refractivity contribution in [3.05, 3.63) is 29.8 Å². The molecule has 1 heterocycles. The third kappa shape index (κ3) is 5.46. The van der Waals surface area contributed by atoms with E-state index in [-0.39, 0.29) is 23.2 Å². The molecule has 130 valence electrons. The van der Waals surface area contributed by atoms with Gasteiger partial charge in [0.1, 0.15) is 0 Å². The molecule has 1 saturated heterocycles. The highest BCUT2D eigenvalue weighted by Crippen LogP contribution is 2.14. The first-order valence-electron chi connectivity index (χ1n) is 7.42. The van der Waals surface area contributed by atoms with E-state index in [1.165, 1.54) is 17.0 Å². The van der Waals surface area contributed by atoms with E-state index in [2.05, 4.69) is 10.0 Å². The van der Waals surface area contributed by atoms with Crippen LogP contribution >= 0.6 is 12.4 Å². The van der Waals surface area contributed by atoms with E-state index in [1.54, 1.807) is 26.2 Å². The van der Waals surface area contributed by atoms with Crippen LogP contribution in [0.4, 0.5) is 0 Å². The van der Waals surface area contributed by atoms with Crippen LogP contribution in [0.2, 0.25) is 0 Å². The van der Waals surface area contributed by atoms with Gasteiger partial charge in [0.05, 0.1) is 4.90 Å². The lowest BCUT2D eigenvalue weighted by atomic mass is 10.0. The van der Waals surface area contributed by atoms with Crippen LogP contribution in [0.25, 0.3) is 0 Å². The maximum atomic E-state index is 12.4. The Morgan fingerprint density at radius 2 is 2.13 bits per heavy atom. The van der Waals surface area contributed by atoms with Crippen LogP contribution in [0.1, 0.15) is 23.2 Å². The minimum Gasteiger partial charge on any atom is -0.345 e. The Morgan fingerprint density at radius 1 is 1.39 bits per heavy atom. The second-order valence-electron chi connectivity index (χ2n) is 5.79. The third-order valence-electron chi connectivity index (χ3n) is 3.76. The fourth-order valence-corrected chi connectivity index (χ4v) is 3.63. The predicted molar refractivity (Wildman–Crippen MR) is 92.5 cm³/mol. The largest absolute Gasteiger partial charge is 0.345 e. The molecule has 1 atom stereocenters. The molecule has 8 heteroatoms. The minimum atomic E-state index is -3.59. The van der Waals surface area contributed by atoms with Gasteiger partial charge in [-0.3, -0.25) is 4.79 Å². The summed E-state index contributed by atoms with van der Waals surface area (Å²) < 4.78 is 27.4. The SMILES string of the molecule is CN(C)C(=O)c1cccc(S(=O)(=O)NCC2CCCNC2)c1.Cl. The van der Waals surface area contributed by atoms with Gasteiger partial charge in [0.15, 0.2) is 0 Å². The van der Waals surface area contributed by atoms with Crippen LogP contribution in [0, 0.1) is 5.92 Å². The number of benzene rings is 1. The van der Waals surface area contributed by atoms with Crippen LogP contribution in [0.15, 0.2) is 29.2 Å². The smallest absolute Gasteiger partial charge is 0.253 e. The minimum absolute atomic E-state index is 0. The molecule has 0 aliphatic carbocycles. The van der Waals surface area contributed by atoms with Gasteiger partial charge >= 0.3 is 0 Å². The molecule has 0 saturated carbocycles. The van der Waals surface area contributed by atoms with Crippen molar-refractivity contribution in [1.29, 1.82) is 0 Å². The van der Waals surface area contributed by atoms with Crippen molar-refractivity contribution in [3.63, 3.8) is 0 Å². The number of carbonyl (C=O) groups excluding carboxylic acids is 1. The first-order chi connectivity index (χ1) is 10.4. The Kier molecular flexibility index (Phi) is 7.47. The zero-order valence-electron chi connectivity index (χ0n) is 13.4. The highest BCUT2D eigenvalue weighted by Gasteiger charge is 2.20. The first kappa shape index (κ1) is 19.9. The third-order valence-corrected chi connectivity index (χ3v) is 5.18. The second kappa shape index (κ2) is 8.63. The van der Waals surface area contributed by atoms with E-state index in [0.29, 0.717) is 18.0 Å².